The molecule has 206 valence electrons. The maximum atomic E-state index is 13.2. The number of rotatable bonds is 7. The highest BCUT2D eigenvalue weighted by Gasteiger charge is 2.40. The average molecular weight is 541 g/mol. The highest BCUT2D eigenvalue weighted by Crippen LogP contribution is 2.35. The molecule has 2 fully saturated rings. The minimum Gasteiger partial charge on any atom is -0.489 e. The van der Waals surface area contributed by atoms with Crippen LogP contribution in [0.2, 0.25) is 0 Å². The zero-order valence-corrected chi connectivity index (χ0v) is 22.5. The van der Waals surface area contributed by atoms with Crippen molar-refractivity contribution in [3.8, 4) is 5.75 Å². The van der Waals surface area contributed by atoms with Crippen LogP contribution >= 0.6 is 0 Å². The summed E-state index contributed by atoms with van der Waals surface area (Å²) in [7, 11) is 0. The van der Waals surface area contributed by atoms with Crippen LogP contribution in [0.4, 0.5) is 4.39 Å². The summed E-state index contributed by atoms with van der Waals surface area (Å²) in [5.74, 6) is 0.575. The molecule has 0 spiro atoms. The molecule has 0 radical (unpaired) electrons. The van der Waals surface area contributed by atoms with E-state index >= 15 is 0 Å². The van der Waals surface area contributed by atoms with E-state index in [-0.39, 0.29) is 29.7 Å². The minimum atomic E-state index is -0.535. The molecule has 2 heterocycles. The average Bonchev–Trinajstić information content (AvgIpc) is 3.30. The van der Waals surface area contributed by atoms with Crippen molar-refractivity contribution in [1.82, 2.24) is 9.80 Å². The number of carbonyl (C=O) groups is 3. The second-order valence-corrected chi connectivity index (χ2v) is 11.2. The van der Waals surface area contributed by atoms with Crippen LogP contribution in [0, 0.1) is 5.82 Å². The van der Waals surface area contributed by atoms with Crippen LogP contribution in [0.5, 0.6) is 5.75 Å². The molecule has 1 aliphatic carbocycles. The molecule has 7 heteroatoms. The molecule has 1 amide bonds. The van der Waals surface area contributed by atoms with E-state index in [1.165, 1.54) is 11.1 Å². The lowest BCUT2D eigenvalue weighted by Crippen LogP contribution is -2.44. The molecular weight excluding hydrogens is 507 g/mol. The SMILES string of the molecule is O=C1CCC(N2Cc3c(OCc4ccc(CN5CCC(c6ccc(F)cc6)CC5)cc4)cccc3C2=O)C(=O)C1. The van der Waals surface area contributed by atoms with Crippen molar-refractivity contribution in [2.75, 3.05) is 13.1 Å². The van der Waals surface area contributed by atoms with Crippen molar-refractivity contribution in [3.05, 3.63) is 100 Å². The van der Waals surface area contributed by atoms with Crippen LogP contribution in [0.15, 0.2) is 66.7 Å². The van der Waals surface area contributed by atoms with Gasteiger partial charge in [-0.3, -0.25) is 19.3 Å². The van der Waals surface area contributed by atoms with Gasteiger partial charge in [-0.15, -0.1) is 0 Å². The van der Waals surface area contributed by atoms with E-state index in [0.717, 1.165) is 43.6 Å². The summed E-state index contributed by atoms with van der Waals surface area (Å²) in [5, 5.41) is 0. The van der Waals surface area contributed by atoms with Gasteiger partial charge in [-0.25, -0.2) is 4.39 Å². The van der Waals surface area contributed by atoms with Crippen LogP contribution in [0.1, 0.15) is 70.6 Å². The quantitative estimate of drug-likeness (QED) is 0.374. The van der Waals surface area contributed by atoms with Crippen molar-refractivity contribution in [2.24, 2.45) is 0 Å². The van der Waals surface area contributed by atoms with Gasteiger partial charge in [-0.2, -0.15) is 0 Å². The van der Waals surface area contributed by atoms with Gasteiger partial charge >= 0.3 is 0 Å². The van der Waals surface area contributed by atoms with Crippen molar-refractivity contribution in [3.63, 3.8) is 0 Å². The molecule has 1 saturated carbocycles. The topological polar surface area (TPSA) is 66.9 Å². The number of amides is 1. The standard InChI is InChI=1S/C33H33FN2O4/c34-26-10-8-24(9-11-26)25-14-16-35(17-15-25)19-22-4-6-23(7-5-22)21-40-32-3-1-2-28-29(32)20-36(33(28)39)30-13-12-27(37)18-31(30)38/h1-11,25,30H,12-21H2. The molecule has 6 nitrogen and oxygen atoms in total. The van der Waals surface area contributed by atoms with Crippen molar-refractivity contribution < 1.29 is 23.5 Å². The summed E-state index contributed by atoms with van der Waals surface area (Å²) >= 11 is 0. The fraction of sp³-hybridized carbons (Fsp3) is 0.364. The number of likely N-dealkylation sites (tertiary alicyclic amines) is 1. The molecule has 2 aliphatic heterocycles. The zero-order valence-electron chi connectivity index (χ0n) is 22.5. The van der Waals surface area contributed by atoms with Gasteiger partial charge in [0, 0.05) is 24.1 Å². The monoisotopic (exact) mass is 540 g/mol. The van der Waals surface area contributed by atoms with Crippen molar-refractivity contribution >= 4 is 17.5 Å². The normalized spacial score (nSPS) is 20.2. The molecule has 0 bridgehead atoms. The van der Waals surface area contributed by atoms with Crippen molar-refractivity contribution in [1.29, 1.82) is 0 Å². The van der Waals surface area contributed by atoms with Gasteiger partial charge in [-0.05, 0) is 79.2 Å². The third-order valence-electron chi connectivity index (χ3n) is 8.52. The fourth-order valence-electron chi connectivity index (χ4n) is 6.22. The first kappa shape index (κ1) is 26.4. The number of Topliss-reactive ketones (excluding diaryl/α,β-unsaturated/α-hetero) is 2. The summed E-state index contributed by atoms with van der Waals surface area (Å²) in [6, 6.07) is 20.3. The first-order valence-corrected chi connectivity index (χ1v) is 14.1. The number of ether oxygens (including phenoxy) is 1. The summed E-state index contributed by atoms with van der Waals surface area (Å²) < 4.78 is 19.4. The Kier molecular flexibility index (Phi) is 7.48. The number of piperidine rings is 1. The molecule has 1 unspecified atom stereocenters. The Balaban J connectivity index is 1.03. The van der Waals surface area contributed by atoms with Crippen LogP contribution in [-0.4, -0.2) is 46.4 Å². The van der Waals surface area contributed by atoms with E-state index in [1.54, 1.807) is 23.1 Å². The summed E-state index contributed by atoms with van der Waals surface area (Å²) in [4.78, 5) is 41.2. The Morgan fingerprint density at radius 3 is 2.30 bits per heavy atom. The fourth-order valence-corrected chi connectivity index (χ4v) is 6.22. The lowest BCUT2D eigenvalue weighted by molar-refractivity contribution is -0.133. The van der Waals surface area contributed by atoms with Crippen molar-refractivity contribution in [2.45, 2.75) is 63.8 Å². The molecule has 3 aromatic rings. The largest absolute Gasteiger partial charge is 0.489 e. The van der Waals surface area contributed by atoms with Gasteiger partial charge in [0.1, 0.15) is 24.0 Å². The first-order valence-electron chi connectivity index (χ1n) is 14.1. The Morgan fingerprint density at radius 1 is 0.850 bits per heavy atom. The molecule has 1 saturated heterocycles. The number of carbonyl (C=O) groups excluding carboxylic acids is 3. The van der Waals surface area contributed by atoms with E-state index < -0.39 is 6.04 Å². The lowest BCUT2D eigenvalue weighted by Gasteiger charge is -2.32. The van der Waals surface area contributed by atoms with Crippen LogP contribution in [-0.2, 0) is 29.3 Å². The molecule has 3 aliphatic rings. The van der Waals surface area contributed by atoms with Gasteiger partial charge in [0.2, 0.25) is 0 Å². The van der Waals surface area contributed by atoms with E-state index in [1.807, 2.05) is 24.3 Å². The van der Waals surface area contributed by atoms with Crippen LogP contribution in [0.25, 0.3) is 0 Å². The molecule has 40 heavy (non-hydrogen) atoms. The number of ketones is 2. The maximum absolute atomic E-state index is 13.2. The number of fused-ring (bicyclic) bond motifs is 1. The Bertz CT molecular complexity index is 1410. The highest BCUT2D eigenvalue weighted by atomic mass is 19.1. The second kappa shape index (κ2) is 11.3. The van der Waals surface area contributed by atoms with Crippen LogP contribution in [0.3, 0.4) is 0 Å². The lowest BCUT2D eigenvalue weighted by atomic mass is 9.89. The van der Waals surface area contributed by atoms with E-state index in [4.69, 9.17) is 4.74 Å². The number of hydrogen-bond acceptors (Lipinski definition) is 5. The molecule has 1 atom stereocenters. The van der Waals surface area contributed by atoms with Gasteiger partial charge in [-0.1, -0.05) is 42.5 Å². The third-order valence-corrected chi connectivity index (χ3v) is 8.52. The predicted molar refractivity (Wildman–Crippen MR) is 148 cm³/mol. The molecule has 6 rings (SSSR count). The second-order valence-electron chi connectivity index (χ2n) is 11.2. The van der Waals surface area contributed by atoms with E-state index in [2.05, 4.69) is 29.2 Å². The van der Waals surface area contributed by atoms with E-state index in [9.17, 15) is 18.8 Å². The first-order chi connectivity index (χ1) is 19.4. The molecule has 0 N–H and O–H groups in total. The highest BCUT2D eigenvalue weighted by molar-refractivity contribution is 6.07. The van der Waals surface area contributed by atoms with E-state index in [0.29, 0.717) is 43.2 Å². The van der Waals surface area contributed by atoms with Gasteiger partial charge < -0.3 is 9.64 Å². The summed E-state index contributed by atoms with van der Waals surface area (Å²) in [5.41, 5.74) is 4.89. The van der Waals surface area contributed by atoms with Gasteiger partial charge in [0.15, 0.2) is 5.78 Å². The Morgan fingerprint density at radius 2 is 1.57 bits per heavy atom. The molecular formula is C33H33FN2O4. The zero-order chi connectivity index (χ0) is 27.6. The maximum Gasteiger partial charge on any atom is 0.255 e. The minimum absolute atomic E-state index is 0.0492. The molecule has 3 aromatic carbocycles. The smallest absolute Gasteiger partial charge is 0.255 e. The number of halogens is 1. The number of benzene rings is 3. The predicted octanol–water partition coefficient (Wildman–Crippen LogP) is 5.43. The van der Waals surface area contributed by atoms with Crippen LogP contribution < -0.4 is 4.74 Å². The number of nitrogens with zero attached hydrogens (tertiary/aromatic N) is 2. The van der Waals surface area contributed by atoms with Gasteiger partial charge in [0.25, 0.3) is 5.91 Å². The summed E-state index contributed by atoms with van der Waals surface area (Å²) in [6.45, 7) is 3.64. The Hall–Kier alpha value is -3.84. The summed E-state index contributed by atoms with van der Waals surface area (Å²) in [6.07, 6.45) is 2.80. The Labute approximate surface area is 233 Å². The van der Waals surface area contributed by atoms with Gasteiger partial charge in [0.05, 0.1) is 19.0 Å². The third kappa shape index (κ3) is 5.56. The molecule has 0 aromatic heterocycles. The number of hydrogen-bond donors (Lipinski definition) is 0.